The van der Waals surface area contributed by atoms with Gasteiger partial charge in [0.25, 0.3) is 0 Å². The molecule has 0 saturated heterocycles. The van der Waals surface area contributed by atoms with E-state index in [4.69, 9.17) is 46.4 Å². The Hall–Kier alpha value is -3.68. The van der Waals surface area contributed by atoms with E-state index in [0.717, 1.165) is 59.3 Å². The normalized spacial score (nSPS) is 29.3. The topological polar surface area (TPSA) is 92.3 Å². The third-order valence-corrected chi connectivity index (χ3v) is 15.5. The number of rotatable bonds is 4. The Balaban J connectivity index is 0.000000150. The smallest absolute Gasteiger partial charge is 0.236 e. The number of amides is 2. The van der Waals surface area contributed by atoms with Crippen LogP contribution >= 0.6 is 46.4 Å². The van der Waals surface area contributed by atoms with Crippen molar-refractivity contribution in [3.63, 3.8) is 0 Å². The van der Waals surface area contributed by atoms with Crippen molar-refractivity contribution in [1.29, 1.82) is 0 Å². The second kappa shape index (κ2) is 15.7. The Kier molecular flexibility index (Phi) is 10.8. The minimum atomic E-state index is -0.756. The zero-order valence-corrected chi connectivity index (χ0v) is 35.2. The molecule has 6 atom stereocenters. The predicted octanol–water partition coefficient (Wildman–Crippen LogP) is 12.3. The first-order valence-electron chi connectivity index (χ1n) is 20.8. The highest BCUT2D eigenvalue weighted by Gasteiger charge is 2.63. The molecular formula is C48H46Cl4N2O4. The minimum Gasteiger partial charge on any atom is -0.325 e. The first-order valence-corrected chi connectivity index (χ1v) is 22.3. The van der Waals surface area contributed by atoms with Crippen LogP contribution in [0.4, 0.5) is 11.4 Å². The van der Waals surface area contributed by atoms with Crippen LogP contribution in [0.25, 0.3) is 0 Å². The zero-order valence-electron chi connectivity index (χ0n) is 32.2. The maximum atomic E-state index is 13.8. The number of halogens is 4. The molecule has 4 fully saturated rings. The number of benzene rings is 4. The summed E-state index contributed by atoms with van der Waals surface area (Å²) >= 11 is 25.1. The summed E-state index contributed by atoms with van der Waals surface area (Å²) < 4.78 is 0. The maximum Gasteiger partial charge on any atom is 0.236 e. The summed E-state index contributed by atoms with van der Waals surface area (Å²) in [4.78, 5) is 53.4. The molecule has 0 bridgehead atoms. The van der Waals surface area contributed by atoms with E-state index in [1.165, 1.54) is 25.7 Å². The quantitative estimate of drug-likeness (QED) is 0.214. The van der Waals surface area contributed by atoms with Crippen LogP contribution in [-0.2, 0) is 30.0 Å². The largest absolute Gasteiger partial charge is 0.325 e. The van der Waals surface area contributed by atoms with Gasteiger partial charge in [-0.3, -0.25) is 19.2 Å². The molecule has 2 aliphatic heterocycles. The summed E-state index contributed by atoms with van der Waals surface area (Å²) in [5.41, 5.74) is 3.96. The lowest BCUT2D eigenvalue weighted by atomic mass is 9.52. The van der Waals surface area contributed by atoms with Crippen molar-refractivity contribution in [3.8, 4) is 0 Å². The molecule has 300 valence electrons. The summed E-state index contributed by atoms with van der Waals surface area (Å²) in [5.74, 6) is 0.802. The fourth-order valence-electron chi connectivity index (χ4n) is 12.4. The van der Waals surface area contributed by atoms with Gasteiger partial charge in [-0.15, -0.1) is 0 Å². The molecule has 4 aromatic carbocycles. The van der Waals surface area contributed by atoms with Gasteiger partial charge >= 0.3 is 0 Å². The van der Waals surface area contributed by atoms with Gasteiger partial charge in [0.2, 0.25) is 11.8 Å². The number of fused-ring (bicyclic) bond motifs is 4. The van der Waals surface area contributed by atoms with Crippen LogP contribution in [0.5, 0.6) is 0 Å². The molecule has 4 saturated carbocycles. The molecule has 6 aliphatic rings. The van der Waals surface area contributed by atoms with Crippen molar-refractivity contribution >= 4 is 81.2 Å². The van der Waals surface area contributed by atoms with Crippen molar-refractivity contribution in [3.05, 3.63) is 127 Å². The van der Waals surface area contributed by atoms with E-state index in [0.29, 0.717) is 57.6 Å². The second-order valence-electron chi connectivity index (χ2n) is 17.4. The number of carbonyl (C=O) groups is 4. The Bertz CT molecular complexity index is 2160. The van der Waals surface area contributed by atoms with Gasteiger partial charge in [0.15, 0.2) is 0 Å². The van der Waals surface area contributed by atoms with Crippen LogP contribution in [0.2, 0.25) is 20.1 Å². The first kappa shape index (κ1) is 39.8. The van der Waals surface area contributed by atoms with Crippen molar-refractivity contribution in [2.24, 2.45) is 23.7 Å². The molecular weight excluding hydrogens is 810 g/mol. The zero-order chi connectivity index (χ0) is 40.3. The highest BCUT2D eigenvalue weighted by molar-refractivity contribution is 6.32. The third-order valence-electron chi connectivity index (χ3n) is 14.6. The highest BCUT2D eigenvalue weighted by Crippen LogP contribution is 2.62. The van der Waals surface area contributed by atoms with E-state index in [1.54, 1.807) is 0 Å². The van der Waals surface area contributed by atoms with E-state index < -0.39 is 10.8 Å². The molecule has 2 heterocycles. The van der Waals surface area contributed by atoms with Gasteiger partial charge in [0.05, 0.1) is 10.8 Å². The number of hydrogen-bond acceptors (Lipinski definition) is 4. The summed E-state index contributed by atoms with van der Waals surface area (Å²) in [6, 6.07) is 26.7. The molecule has 0 radical (unpaired) electrons. The molecule has 2 N–H and O–H groups in total. The summed E-state index contributed by atoms with van der Waals surface area (Å²) in [7, 11) is 0. The van der Waals surface area contributed by atoms with Gasteiger partial charge in [-0.2, -0.15) is 0 Å². The van der Waals surface area contributed by atoms with Crippen molar-refractivity contribution in [2.45, 2.75) is 99.7 Å². The van der Waals surface area contributed by atoms with E-state index in [2.05, 4.69) is 10.6 Å². The van der Waals surface area contributed by atoms with Crippen LogP contribution in [-0.4, -0.2) is 23.4 Å². The van der Waals surface area contributed by atoms with Crippen LogP contribution in [0, 0.1) is 23.7 Å². The minimum absolute atomic E-state index is 0.00217. The van der Waals surface area contributed by atoms with Crippen molar-refractivity contribution in [1.82, 2.24) is 0 Å². The predicted molar refractivity (Wildman–Crippen MR) is 231 cm³/mol. The molecule has 4 aliphatic carbocycles. The first-order chi connectivity index (χ1) is 28.0. The van der Waals surface area contributed by atoms with Crippen molar-refractivity contribution < 1.29 is 19.2 Å². The average molecular weight is 857 g/mol. The number of nitrogens with one attached hydrogen (secondary N) is 2. The molecule has 4 aromatic rings. The van der Waals surface area contributed by atoms with Gasteiger partial charge in [-0.25, -0.2) is 0 Å². The molecule has 10 rings (SSSR count). The van der Waals surface area contributed by atoms with E-state index >= 15 is 0 Å². The Morgan fingerprint density at radius 2 is 0.845 bits per heavy atom. The van der Waals surface area contributed by atoms with Crippen LogP contribution < -0.4 is 10.6 Å². The van der Waals surface area contributed by atoms with Gasteiger partial charge < -0.3 is 10.6 Å². The molecule has 6 nitrogen and oxygen atoms in total. The fraction of sp³-hybridized carbons (Fsp3) is 0.417. The average Bonchev–Trinajstić information content (AvgIpc) is 4.02. The summed E-state index contributed by atoms with van der Waals surface area (Å²) in [6.07, 6.45) is 10.7. The Labute approximate surface area is 359 Å². The fourth-order valence-corrected chi connectivity index (χ4v) is 13.1. The van der Waals surface area contributed by atoms with Crippen LogP contribution in [0.3, 0.4) is 0 Å². The maximum absolute atomic E-state index is 13.8. The lowest BCUT2D eigenvalue weighted by Crippen LogP contribution is -2.53. The highest BCUT2D eigenvalue weighted by atomic mass is 35.5. The van der Waals surface area contributed by atoms with Gasteiger partial charge in [0, 0.05) is 69.0 Å². The number of carbonyl (C=O) groups excluding carboxylic acids is 4. The number of ketones is 2. The lowest BCUT2D eigenvalue weighted by molar-refractivity contribution is -0.134. The molecule has 58 heavy (non-hydrogen) atoms. The number of Topliss-reactive ketones (excluding diaryl/α,β-unsaturated/α-hetero) is 2. The summed E-state index contributed by atoms with van der Waals surface area (Å²) in [5, 5.41) is 8.69. The second-order valence-corrected chi connectivity index (χ2v) is 19.2. The van der Waals surface area contributed by atoms with E-state index in [1.807, 2.05) is 84.9 Å². The number of hydrogen-bond donors (Lipinski definition) is 2. The van der Waals surface area contributed by atoms with Crippen LogP contribution in [0.15, 0.2) is 84.9 Å². The molecule has 10 heteroatoms. The Morgan fingerprint density at radius 3 is 1.22 bits per heavy atom. The van der Waals surface area contributed by atoms with Crippen molar-refractivity contribution in [2.75, 3.05) is 10.6 Å². The van der Waals surface area contributed by atoms with Gasteiger partial charge in [-0.05, 0) is 94.5 Å². The Morgan fingerprint density at radius 1 is 0.466 bits per heavy atom. The lowest BCUT2D eigenvalue weighted by Gasteiger charge is -2.48. The monoisotopic (exact) mass is 854 g/mol. The number of anilines is 2. The van der Waals surface area contributed by atoms with Crippen LogP contribution in [0.1, 0.15) is 111 Å². The van der Waals surface area contributed by atoms with E-state index in [-0.39, 0.29) is 47.1 Å². The third kappa shape index (κ3) is 6.62. The molecule has 0 aromatic heterocycles. The van der Waals surface area contributed by atoms with E-state index in [9.17, 15) is 19.2 Å². The van der Waals surface area contributed by atoms with Gasteiger partial charge in [-0.1, -0.05) is 134 Å². The molecule has 2 spiro atoms. The SMILES string of the molecule is O=C1C[C@@H](c2cccc(Cl)c2)[C@]2(C(=O)Nc3cc(Cl)ccc32)[C@H](C2CCCC2)C1.O=C1C[C@H](C2CCCC2)[C@@]2(C(=O)Nc3cc(Cl)ccc32)[C@H](c2cccc(Cl)c2)C1. The molecule has 0 unspecified atom stereocenters. The van der Waals surface area contributed by atoms with Gasteiger partial charge in [0.1, 0.15) is 11.6 Å². The standard InChI is InChI=1S/2C24H23Cl2NO2/c2*25-16-7-3-6-15(10-16)21-13-18(28)12-20(14-4-1-2-5-14)24(21)19-9-8-17(26)11-22(19)27-23(24)29/h2*3,6-11,14,20-21H,1-2,4-5,12-13H2,(H,27,29)/t20-,21+,24-;20-,21-,24+/m10/s1. The summed E-state index contributed by atoms with van der Waals surface area (Å²) in [6.45, 7) is 0. The molecule has 2 amide bonds.